The minimum Gasteiger partial charge on any atom is -0.489 e. The first kappa shape index (κ1) is 21.2. The van der Waals surface area contributed by atoms with Crippen molar-refractivity contribution < 1.29 is 23.1 Å². The van der Waals surface area contributed by atoms with Crippen molar-refractivity contribution in [3.63, 3.8) is 0 Å². The van der Waals surface area contributed by atoms with Gasteiger partial charge in [-0.1, -0.05) is 17.3 Å². The van der Waals surface area contributed by atoms with E-state index in [1.807, 2.05) is 43.0 Å². The number of piperidine rings is 1. The van der Waals surface area contributed by atoms with Crippen LogP contribution in [-0.2, 0) is 13.2 Å². The van der Waals surface area contributed by atoms with E-state index >= 15 is 0 Å². The third-order valence-corrected chi connectivity index (χ3v) is 6.23. The first-order valence-electron chi connectivity index (χ1n) is 10.5. The molecule has 0 amide bonds. The first-order chi connectivity index (χ1) is 14.3. The van der Waals surface area contributed by atoms with Crippen LogP contribution in [0, 0.1) is 13.8 Å². The number of benzene rings is 1. The molecule has 164 valence electrons. The molecule has 1 N–H and O–H groups in total. The summed E-state index contributed by atoms with van der Waals surface area (Å²) in [5.74, 6) is -1.02. The van der Waals surface area contributed by atoms with Gasteiger partial charge in [0, 0.05) is 51.6 Å². The van der Waals surface area contributed by atoms with E-state index in [-0.39, 0.29) is 18.9 Å². The maximum absolute atomic E-state index is 13.4. The zero-order valence-corrected chi connectivity index (χ0v) is 17.5. The summed E-state index contributed by atoms with van der Waals surface area (Å²) in [6.07, 6.45) is -0.744. The summed E-state index contributed by atoms with van der Waals surface area (Å²) in [4.78, 5) is 4.20. The summed E-state index contributed by atoms with van der Waals surface area (Å²) >= 11 is 0. The average Bonchev–Trinajstić information content (AvgIpc) is 3.23. The van der Waals surface area contributed by atoms with Gasteiger partial charge in [0.1, 0.15) is 18.1 Å². The summed E-state index contributed by atoms with van der Waals surface area (Å²) in [6, 6.07) is 7.83. The molecule has 2 saturated heterocycles. The van der Waals surface area contributed by atoms with E-state index < -0.39 is 12.0 Å². The molecule has 3 heterocycles. The molecule has 1 aromatic carbocycles. The molecule has 8 heteroatoms. The maximum Gasteiger partial charge on any atom is 0.250 e. The number of aromatic nitrogens is 1. The van der Waals surface area contributed by atoms with Crippen molar-refractivity contribution in [3.8, 4) is 5.75 Å². The van der Waals surface area contributed by atoms with Crippen LogP contribution < -0.4 is 4.74 Å². The Kier molecular flexibility index (Phi) is 6.09. The number of halogens is 2. The Bertz CT molecular complexity index is 826. The average molecular weight is 421 g/mol. The fourth-order valence-electron chi connectivity index (χ4n) is 4.33. The lowest BCUT2D eigenvalue weighted by atomic mass is 10.0. The Morgan fingerprint density at radius 2 is 1.87 bits per heavy atom. The summed E-state index contributed by atoms with van der Waals surface area (Å²) in [5, 5.41) is 14.4. The number of aryl methyl sites for hydroxylation is 2. The zero-order valence-electron chi connectivity index (χ0n) is 17.5. The van der Waals surface area contributed by atoms with Crippen LogP contribution >= 0.6 is 0 Å². The topological polar surface area (TPSA) is 62.0 Å². The van der Waals surface area contributed by atoms with Crippen molar-refractivity contribution in [2.75, 3.05) is 26.2 Å². The smallest absolute Gasteiger partial charge is 0.250 e. The van der Waals surface area contributed by atoms with Crippen molar-refractivity contribution in [2.45, 2.75) is 57.9 Å². The predicted octanol–water partition coefficient (Wildman–Crippen LogP) is 3.15. The van der Waals surface area contributed by atoms with Gasteiger partial charge in [-0.2, -0.15) is 0 Å². The molecular formula is C22H29F2N3O3. The fraction of sp³-hybridized carbons (Fsp3) is 0.591. The minimum atomic E-state index is -2.56. The molecule has 30 heavy (non-hydrogen) atoms. The fourth-order valence-corrected chi connectivity index (χ4v) is 4.33. The number of rotatable bonds is 6. The third-order valence-electron chi connectivity index (χ3n) is 6.23. The van der Waals surface area contributed by atoms with E-state index in [1.165, 1.54) is 0 Å². The van der Waals surface area contributed by atoms with Crippen molar-refractivity contribution in [2.24, 2.45) is 0 Å². The number of aliphatic hydroxyl groups excluding tert-OH is 1. The molecule has 2 atom stereocenters. The number of ether oxygens (including phenoxy) is 1. The molecule has 0 unspecified atom stereocenters. The molecule has 0 saturated carbocycles. The molecule has 0 bridgehead atoms. The van der Waals surface area contributed by atoms with Gasteiger partial charge in [0.2, 0.25) is 0 Å². The van der Waals surface area contributed by atoms with Gasteiger partial charge in [0.25, 0.3) is 5.92 Å². The lowest BCUT2D eigenvalue weighted by molar-refractivity contribution is -0.0698. The quantitative estimate of drug-likeness (QED) is 0.773. The SMILES string of the molecule is Cc1noc(C)c1COc1ccc(CN2C[C@H](O)[C@@H](N3CCC(F)(F)CC3)C2)cc1. The number of alkyl halides is 2. The van der Waals surface area contributed by atoms with E-state index in [2.05, 4.69) is 10.1 Å². The zero-order chi connectivity index (χ0) is 21.3. The Labute approximate surface area is 175 Å². The molecule has 1 aromatic heterocycles. The van der Waals surface area contributed by atoms with Gasteiger partial charge < -0.3 is 14.4 Å². The molecule has 2 aliphatic rings. The number of hydrogen-bond donors (Lipinski definition) is 1. The summed E-state index contributed by atoms with van der Waals surface area (Å²) in [5.41, 5.74) is 2.92. The van der Waals surface area contributed by atoms with Gasteiger partial charge in [0.05, 0.1) is 17.4 Å². The van der Waals surface area contributed by atoms with E-state index in [4.69, 9.17) is 9.26 Å². The van der Waals surface area contributed by atoms with Crippen LogP contribution in [0.2, 0.25) is 0 Å². The number of aliphatic hydroxyl groups is 1. The van der Waals surface area contributed by atoms with Gasteiger partial charge in [-0.3, -0.25) is 9.80 Å². The molecule has 0 spiro atoms. The molecule has 4 rings (SSSR count). The lowest BCUT2D eigenvalue weighted by Gasteiger charge is -2.36. The van der Waals surface area contributed by atoms with Crippen LogP contribution in [0.1, 0.15) is 35.4 Å². The molecule has 0 aliphatic carbocycles. The second kappa shape index (κ2) is 8.61. The number of hydrogen-bond acceptors (Lipinski definition) is 6. The standard InChI is InChI=1S/C22H29F2N3O3/c1-15-19(16(2)30-25-15)14-29-18-5-3-17(4-6-18)11-26-12-20(21(28)13-26)27-9-7-22(23,24)8-10-27/h3-6,20-21,28H,7-14H2,1-2H3/t20-,21-/m0/s1. The molecule has 0 radical (unpaired) electrons. The Hall–Kier alpha value is -2.03. The Morgan fingerprint density at radius 1 is 1.17 bits per heavy atom. The van der Waals surface area contributed by atoms with E-state index in [1.54, 1.807) is 0 Å². The third kappa shape index (κ3) is 4.82. The van der Waals surface area contributed by atoms with Crippen LogP contribution in [-0.4, -0.2) is 64.3 Å². The summed E-state index contributed by atoms with van der Waals surface area (Å²) < 4.78 is 37.8. The largest absolute Gasteiger partial charge is 0.489 e. The minimum absolute atomic E-state index is 0.0706. The molecule has 6 nitrogen and oxygen atoms in total. The van der Waals surface area contributed by atoms with Crippen LogP contribution in [0.25, 0.3) is 0 Å². The number of nitrogens with zero attached hydrogens (tertiary/aromatic N) is 3. The highest BCUT2D eigenvalue weighted by Crippen LogP contribution is 2.30. The van der Waals surface area contributed by atoms with Crippen LogP contribution in [0.15, 0.2) is 28.8 Å². The number of β-amino-alcohol motifs (C(OH)–C–C–N with tert-alkyl or cyclic N) is 1. The highest BCUT2D eigenvalue weighted by molar-refractivity contribution is 5.28. The van der Waals surface area contributed by atoms with Gasteiger partial charge in [-0.15, -0.1) is 0 Å². The van der Waals surface area contributed by atoms with E-state index in [0.717, 1.165) is 28.3 Å². The van der Waals surface area contributed by atoms with Crippen molar-refractivity contribution in [1.29, 1.82) is 0 Å². The molecular weight excluding hydrogens is 392 g/mol. The molecule has 2 aliphatic heterocycles. The second-order valence-electron chi connectivity index (χ2n) is 8.46. The maximum atomic E-state index is 13.4. The van der Waals surface area contributed by atoms with Crippen LogP contribution in [0.5, 0.6) is 5.75 Å². The number of likely N-dealkylation sites (tertiary alicyclic amines) is 2. The van der Waals surface area contributed by atoms with Crippen LogP contribution in [0.4, 0.5) is 8.78 Å². The molecule has 2 fully saturated rings. The summed E-state index contributed by atoms with van der Waals surface area (Å²) in [7, 11) is 0. The highest BCUT2D eigenvalue weighted by atomic mass is 19.3. The van der Waals surface area contributed by atoms with E-state index in [9.17, 15) is 13.9 Å². The van der Waals surface area contributed by atoms with Gasteiger partial charge in [-0.05, 0) is 31.5 Å². The van der Waals surface area contributed by atoms with Crippen molar-refractivity contribution >= 4 is 0 Å². The monoisotopic (exact) mass is 421 g/mol. The van der Waals surface area contributed by atoms with E-state index in [0.29, 0.717) is 39.3 Å². The Morgan fingerprint density at radius 3 is 2.50 bits per heavy atom. The first-order valence-corrected chi connectivity index (χ1v) is 10.5. The highest BCUT2D eigenvalue weighted by Gasteiger charge is 2.41. The van der Waals surface area contributed by atoms with Gasteiger partial charge in [-0.25, -0.2) is 8.78 Å². The predicted molar refractivity (Wildman–Crippen MR) is 108 cm³/mol. The van der Waals surface area contributed by atoms with Gasteiger partial charge >= 0.3 is 0 Å². The lowest BCUT2D eigenvalue weighted by Crippen LogP contribution is -2.49. The second-order valence-corrected chi connectivity index (χ2v) is 8.46. The normalized spacial score (nSPS) is 25.0. The Balaban J connectivity index is 1.28. The van der Waals surface area contributed by atoms with Crippen molar-refractivity contribution in [1.82, 2.24) is 15.0 Å². The van der Waals surface area contributed by atoms with Crippen LogP contribution in [0.3, 0.4) is 0 Å². The molecule has 2 aromatic rings. The van der Waals surface area contributed by atoms with Gasteiger partial charge in [0.15, 0.2) is 0 Å². The summed E-state index contributed by atoms with van der Waals surface area (Å²) in [6.45, 7) is 6.83. The van der Waals surface area contributed by atoms with Crippen molar-refractivity contribution in [3.05, 3.63) is 46.8 Å².